The molecule has 7 heterocycles. The summed E-state index contributed by atoms with van der Waals surface area (Å²) in [6.07, 6.45) is 2.55. The molecule has 2 aromatic carbocycles. The highest BCUT2D eigenvalue weighted by Gasteiger charge is 2.47. The van der Waals surface area contributed by atoms with Crippen molar-refractivity contribution in [3.05, 3.63) is 82.8 Å². The zero-order chi connectivity index (χ0) is 44.3. The average Bonchev–Trinajstić information content (AvgIpc) is 3.51. The summed E-state index contributed by atoms with van der Waals surface area (Å²) in [4.78, 5) is 81.6. The number of alkyl halides is 3. The van der Waals surface area contributed by atoms with Gasteiger partial charge in [-0.15, -0.1) is 0 Å². The number of aromatic nitrogens is 1. The standard InChI is InChI=1S/C46H50F3N9O5/c1-44(13-19-56(20-14-44)31-4-7-36(50-2)35(24-31)46(47,48)49)43(63)52-38-9-5-32(25-51-38)55-17-11-29(12-18-55)26-54-27-45(28-54)15-21-57(22-16-45)30-3-6-33-34(23-30)42(62)58(41(33)61)37-8-10-39(59)53-40(37)60/h3-7,9,23-25,29,37H,8,10-22,26-28H2,1H3,(H,51,52,63)(H,53,59,60). The highest BCUT2D eigenvalue weighted by molar-refractivity contribution is 6.23. The van der Waals surface area contributed by atoms with E-state index in [0.717, 1.165) is 93.8 Å². The number of piperidine rings is 4. The van der Waals surface area contributed by atoms with Crippen LogP contribution in [0.4, 0.5) is 41.7 Å². The van der Waals surface area contributed by atoms with E-state index < -0.39 is 52.5 Å². The molecule has 0 radical (unpaired) electrons. The predicted octanol–water partition coefficient (Wildman–Crippen LogP) is 6.12. The van der Waals surface area contributed by atoms with Gasteiger partial charge in [0.25, 0.3) is 11.8 Å². The first-order valence-corrected chi connectivity index (χ1v) is 21.8. The fourth-order valence-electron chi connectivity index (χ4n) is 10.4. The number of amides is 5. The summed E-state index contributed by atoms with van der Waals surface area (Å²) in [6.45, 7) is 16.6. The van der Waals surface area contributed by atoms with E-state index in [-0.39, 0.29) is 24.2 Å². The Labute approximate surface area is 363 Å². The Hall–Kier alpha value is -6.02. The Morgan fingerprint density at radius 2 is 1.44 bits per heavy atom. The number of imide groups is 2. The van der Waals surface area contributed by atoms with Gasteiger partial charge in [-0.3, -0.25) is 34.2 Å². The van der Waals surface area contributed by atoms with Crippen LogP contribution in [0.15, 0.2) is 54.7 Å². The number of nitrogens with zero attached hydrogens (tertiary/aromatic N) is 7. The van der Waals surface area contributed by atoms with Crippen LogP contribution in [-0.4, -0.2) is 109 Å². The molecule has 17 heteroatoms. The molecule has 1 unspecified atom stereocenters. The molecule has 5 amide bonds. The molecule has 0 bridgehead atoms. The number of halogens is 3. The summed E-state index contributed by atoms with van der Waals surface area (Å²) in [5.74, 6) is -1.09. The molecule has 9 rings (SSSR count). The number of fused-ring (bicyclic) bond motifs is 1. The van der Waals surface area contributed by atoms with Gasteiger partial charge in [0.15, 0.2) is 5.69 Å². The third-order valence-corrected chi connectivity index (χ3v) is 14.4. The Bertz CT molecular complexity index is 2370. The molecule has 2 N–H and O–H groups in total. The van der Waals surface area contributed by atoms with Crippen molar-refractivity contribution in [1.82, 2.24) is 20.1 Å². The average molecular weight is 866 g/mol. The number of anilines is 4. The van der Waals surface area contributed by atoms with Crippen LogP contribution in [0.5, 0.6) is 0 Å². The number of likely N-dealkylation sites (tertiary alicyclic amines) is 1. The van der Waals surface area contributed by atoms with Crippen LogP contribution < -0.4 is 25.3 Å². The van der Waals surface area contributed by atoms with E-state index in [9.17, 15) is 37.1 Å². The van der Waals surface area contributed by atoms with Crippen molar-refractivity contribution in [2.75, 3.05) is 78.9 Å². The topological polar surface area (TPSA) is 143 Å². The summed E-state index contributed by atoms with van der Waals surface area (Å²) in [6, 6.07) is 11.9. The Morgan fingerprint density at radius 3 is 2.08 bits per heavy atom. The van der Waals surface area contributed by atoms with E-state index in [2.05, 4.69) is 35.2 Å². The zero-order valence-corrected chi connectivity index (χ0v) is 35.2. The second-order valence-electron chi connectivity index (χ2n) is 18.5. The van der Waals surface area contributed by atoms with E-state index >= 15 is 0 Å². The van der Waals surface area contributed by atoms with Gasteiger partial charge in [-0.1, -0.05) is 13.0 Å². The zero-order valence-electron chi connectivity index (χ0n) is 35.2. The summed E-state index contributed by atoms with van der Waals surface area (Å²) >= 11 is 0. The number of pyridine rings is 1. The molecule has 5 fully saturated rings. The quantitative estimate of drug-likeness (QED) is 0.201. The monoisotopic (exact) mass is 865 g/mol. The van der Waals surface area contributed by atoms with Crippen molar-refractivity contribution in [3.8, 4) is 0 Å². The summed E-state index contributed by atoms with van der Waals surface area (Å²) in [7, 11) is 0. The molecule has 6 aliphatic heterocycles. The van der Waals surface area contributed by atoms with Crippen LogP contribution in [0.1, 0.15) is 84.6 Å². The molecule has 3 aromatic rings. The summed E-state index contributed by atoms with van der Waals surface area (Å²) in [5.41, 5.74) is 1.10. The first-order valence-electron chi connectivity index (χ1n) is 21.8. The van der Waals surface area contributed by atoms with Gasteiger partial charge >= 0.3 is 6.18 Å². The van der Waals surface area contributed by atoms with E-state index in [1.165, 1.54) is 12.1 Å². The summed E-state index contributed by atoms with van der Waals surface area (Å²) in [5, 5.41) is 5.20. The lowest BCUT2D eigenvalue weighted by Gasteiger charge is -2.55. The normalized spacial score (nSPS) is 22.7. The highest BCUT2D eigenvalue weighted by atomic mass is 19.4. The molecule has 14 nitrogen and oxygen atoms in total. The lowest BCUT2D eigenvalue weighted by Crippen LogP contribution is -2.61. The smallest absolute Gasteiger partial charge is 0.372 e. The third kappa shape index (κ3) is 8.21. The minimum absolute atomic E-state index is 0.0853. The maximum absolute atomic E-state index is 13.6. The highest BCUT2D eigenvalue weighted by Crippen LogP contribution is 2.44. The van der Waals surface area contributed by atoms with E-state index in [4.69, 9.17) is 6.57 Å². The van der Waals surface area contributed by atoms with Gasteiger partial charge < -0.3 is 24.9 Å². The van der Waals surface area contributed by atoms with Crippen LogP contribution in [0.25, 0.3) is 4.85 Å². The molecular weight excluding hydrogens is 816 g/mol. The van der Waals surface area contributed by atoms with E-state index in [0.29, 0.717) is 54.5 Å². The van der Waals surface area contributed by atoms with Crippen molar-refractivity contribution in [2.45, 2.75) is 70.5 Å². The molecule has 6 aliphatic rings. The number of carbonyl (C=O) groups excluding carboxylic acids is 5. The van der Waals surface area contributed by atoms with Crippen molar-refractivity contribution in [3.63, 3.8) is 0 Å². The van der Waals surface area contributed by atoms with Gasteiger partial charge in [0.05, 0.1) is 40.6 Å². The fourth-order valence-corrected chi connectivity index (χ4v) is 10.4. The first kappa shape index (κ1) is 42.3. The third-order valence-electron chi connectivity index (χ3n) is 14.4. The predicted molar refractivity (Wildman–Crippen MR) is 228 cm³/mol. The summed E-state index contributed by atoms with van der Waals surface area (Å²) < 4.78 is 40.7. The van der Waals surface area contributed by atoms with Crippen LogP contribution in [0.2, 0.25) is 0 Å². The number of hydrogen-bond donors (Lipinski definition) is 2. The molecule has 1 atom stereocenters. The van der Waals surface area contributed by atoms with Crippen molar-refractivity contribution in [2.24, 2.45) is 16.7 Å². The van der Waals surface area contributed by atoms with Gasteiger partial charge in [-0.2, -0.15) is 13.2 Å². The van der Waals surface area contributed by atoms with Gasteiger partial charge in [0.1, 0.15) is 11.9 Å². The minimum atomic E-state index is -4.62. The SMILES string of the molecule is [C-]#[N+]c1ccc(N2CCC(C)(C(=O)Nc3ccc(N4CCC(CN5CC6(CCN(c7ccc8c(c7)C(=O)N(C7CCC(=O)NC7=O)C8=O)CC6)C5)CC4)cn3)CC2)cc1C(F)(F)F. The maximum atomic E-state index is 13.6. The molecule has 63 heavy (non-hydrogen) atoms. The Balaban J connectivity index is 0.699. The Morgan fingerprint density at radius 1 is 0.825 bits per heavy atom. The lowest BCUT2D eigenvalue weighted by molar-refractivity contribution is -0.137. The van der Waals surface area contributed by atoms with E-state index in [1.807, 2.05) is 30.0 Å². The molecule has 5 saturated heterocycles. The van der Waals surface area contributed by atoms with Crippen molar-refractivity contribution in [1.29, 1.82) is 0 Å². The van der Waals surface area contributed by atoms with Crippen LogP contribution in [0, 0.1) is 23.3 Å². The van der Waals surface area contributed by atoms with Crippen molar-refractivity contribution >= 4 is 58.1 Å². The molecule has 0 saturated carbocycles. The lowest BCUT2D eigenvalue weighted by atomic mass is 9.71. The van der Waals surface area contributed by atoms with Crippen LogP contribution in [0.3, 0.4) is 0 Å². The minimum Gasteiger partial charge on any atom is -0.372 e. The number of carbonyl (C=O) groups is 5. The van der Waals surface area contributed by atoms with Gasteiger partial charge in [-0.05, 0) is 98.7 Å². The molecule has 330 valence electrons. The number of benzene rings is 2. The molecule has 1 spiro atoms. The van der Waals surface area contributed by atoms with Gasteiger partial charge in [0.2, 0.25) is 17.7 Å². The largest absolute Gasteiger partial charge is 0.407 e. The molecular formula is C46H50F3N9O5. The van der Waals surface area contributed by atoms with Crippen LogP contribution in [-0.2, 0) is 20.6 Å². The number of rotatable bonds is 8. The van der Waals surface area contributed by atoms with Crippen LogP contribution >= 0.6 is 0 Å². The molecule has 1 aromatic heterocycles. The number of hydrogen-bond acceptors (Lipinski definition) is 10. The van der Waals surface area contributed by atoms with Crippen molar-refractivity contribution < 1.29 is 37.1 Å². The number of nitrogens with one attached hydrogen (secondary N) is 2. The molecule has 0 aliphatic carbocycles. The fraction of sp³-hybridized carbons (Fsp3) is 0.500. The van der Waals surface area contributed by atoms with Gasteiger partial charge in [-0.25, -0.2) is 9.83 Å². The van der Waals surface area contributed by atoms with Gasteiger partial charge in [0, 0.05) is 76.7 Å². The van der Waals surface area contributed by atoms with E-state index in [1.54, 1.807) is 18.3 Å². The Kier molecular flexibility index (Phi) is 10.9. The maximum Gasteiger partial charge on any atom is 0.407 e. The second-order valence-corrected chi connectivity index (χ2v) is 18.5. The second kappa shape index (κ2) is 16.3. The first-order chi connectivity index (χ1) is 30.1.